The van der Waals surface area contributed by atoms with Gasteiger partial charge in [-0.15, -0.1) is 0 Å². The Kier molecular flexibility index (Phi) is 3.73. The number of para-hydroxylation sites is 2. The zero-order valence-electron chi connectivity index (χ0n) is 13.7. The fourth-order valence-corrected chi connectivity index (χ4v) is 3.27. The SMILES string of the molecule is N#CC(C(=O)c1cc2c([nH]c1=O)CCCC2=O)c1nc2ccccc2[nH]1. The molecule has 1 unspecified atom stereocenters. The topological polar surface area (TPSA) is 119 Å². The molecule has 0 saturated heterocycles. The van der Waals surface area contributed by atoms with Crippen molar-refractivity contribution in [3.8, 4) is 6.07 Å². The number of nitrogens with zero attached hydrogens (tertiary/aromatic N) is 2. The normalized spacial score (nSPS) is 14.7. The lowest BCUT2D eigenvalue weighted by atomic mass is 9.91. The molecule has 0 saturated carbocycles. The Balaban J connectivity index is 1.78. The number of aryl methyl sites for hydroxylation is 1. The lowest BCUT2D eigenvalue weighted by Gasteiger charge is -2.15. The van der Waals surface area contributed by atoms with Crippen LogP contribution in [0.5, 0.6) is 0 Å². The third kappa shape index (κ3) is 2.52. The molecule has 0 radical (unpaired) electrons. The van der Waals surface area contributed by atoms with Crippen LogP contribution in [0, 0.1) is 11.3 Å². The number of hydrogen-bond acceptors (Lipinski definition) is 5. The van der Waals surface area contributed by atoms with Gasteiger partial charge in [-0.3, -0.25) is 14.4 Å². The Morgan fingerprint density at radius 3 is 2.77 bits per heavy atom. The summed E-state index contributed by atoms with van der Waals surface area (Å²) in [5.74, 6) is -1.84. The molecule has 0 spiro atoms. The van der Waals surface area contributed by atoms with Crippen molar-refractivity contribution in [2.45, 2.75) is 25.2 Å². The number of fused-ring (bicyclic) bond motifs is 2. The number of carbonyl (C=O) groups excluding carboxylic acids is 2. The van der Waals surface area contributed by atoms with Crippen molar-refractivity contribution < 1.29 is 9.59 Å². The van der Waals surface area contributed by atoms with Gasteiger partial charge in [0.05, 0.1) is 22.7 Å². The van der Waals surface area contributed by atoms with Gasteiger partial charge in [-0.05, 0) is 31.0 Å². The zero-order valence-corrected chi connectivity index (χ0v) is 13.7. The Morgan fingerprint density at radius 1 is 1.19 bits per heavy atom. The van der Waals surface area contributed by atoms with Crippen LogP contribution in [0.4, 0.5) is 0 Å². The minimum atomic E-state index is -1.25. The number of benzene rings is 1. The van der Waals surface area contributed by atoms with Crippen LogP contribution in [0.25, 0.3) is 11.0 Å². The summed E-state index contributed by atoms with van der Waals surface area (Å²) in [7, 11) is 0. The van der Waals surface area contributed by atoms with Crippen molar-refractivity contribution >= 4 is 22.6 Å². The van der Waals surface area contributed by atoms with Gasteiger partial charge in [0.15, 0.2) is 17.5 Å². The number of aromatic nitrogens is 3. The fraction of sp³-hybridized carbons (Fsp3) is 0.211. The van der Waals surface area contributed by atoms with E-state index < -0.39 is 17.3 Å². The van der Waals surface area contributed by atoms with Crippen LogP contribution in [0.15, 0.2) is 35.1 Å². The molecular weight excluding hydrogens is 332 g/mol. The number of ketones is 2. The first kappa shape index (κ1) is 16.0. The molecular formula is C19H14N4O3. The number of aromatic amines is 2. The summed E-state index contributed by atoms with van der Waals surface area (Å²) >= 11 is 0. The van der Waals surface area contributed by atoms with E-state index in [1.54, 1.807) is 18.2 Å². The second-order valence-electron chi connectivity index (χ2n) is 6.25. The van der Waals surface area contributed by atoms with E-state index in [-0.39, 0.29) is 17.2 Å². The van der Waals surface area contributed by atoms with Crippen molar-refractivity contribution in [3.63, 3.8) is 0 Å². The molecule has 128 valence electrons. The first-order valence-electron chi connectivity index (χ1n) is 8.26. The summed E-state index contributed by atoms with van der Waals surface area (Å²) in [5.41, 5.74) is 1.47. The van der Waals surface area contributed by atoms with Crippen LogP contribution in [0.1, 0.15) is 51.0 Å². The molecule has 1 aliphatic rings. The number of nitrogens with one attached hydrogen (secondary N) is 2. The first-order valence-corrected chi connectivity index (χ1v) is 8.26. The molecule has 0 fully saturated rings. The van der Waals surface area contributed by atoms with E-state index in [2.05, 4.69) is 15.0 Å². The van der Waals surface area contributed by atoms with Crippen LogP contribution in [-0.4, -0.2) is 26.5 Å². The molecule has 1 aromatic carbocycles. The monoisotopic (exact) mass is 346 g/mol. The van der Waals surface area contributed by atoms with Gasteiger partial charge in [-0.1, -0.05) is 12.1 Å². The van der Waals surface area contributed by atoms with E-state index in [0.717, 1.165) is 0 Å². The standard InChI is InChI=1S/C19H14N4O3/c20-9-12(18-21-14-4-1-2-5-15(14)22-18)17(25)11-8-10-13(23-19(11)26)6-3-7-16(10)24/h1-2,4-5,8,12H,3,6-7H2,(H,21,22)(H,23,26). The van der Waals surface area contributed by atoms with Crippen LogP contribution in [-0.2, 0) is 6.42 Å². The third-order valence-electron chi connectivity index (χ3n) is 4.59. The highest BCUT2D eigenvalue weighted by atomic mass is 16.1. The van der Waals surface area contributed by atoms with Crippen LogP contribution in [0.2, 0.25) is 0 Å². The highest BCUT2D eigenvalue weighted by Gasteiger charge is 2.29. The Labute approximate surface area is 147 Å². The third-order valence-corrected chi connectivity index (χ3v) is 4.59. The Hall–Kier alpha value is -3.53. The van der Waals surface area contributed by atoms with Gasteiger partial charge in [0, 0.05) is 17.7 Å². The van der Waals surface area contributed by atoms with E-state index in [1.807, 2.05) is 12.1 Å². The van der Waals surface area contributed by atoms with Gasteiger partial charge in [0.2, 0.25) is 0 Å². The van der Waals surface area contributed by atoms with Gasteiger partial charge in [-0.25, -0.2) is 4.98 Å². The minimum Gasteiger partial charge on any atom is -0.340 e. The van der Waals surface area contributed by atoms with Gasteiger partial charge in [0.1, 0.15) is 5.82 Å². The summed E-state index contributed by atoms with van der Waals surface area (Å²) in [5, 5.41) is 9.51. The molecule has 1 aliphatic carbocycles. The maximum absolute atomic E-state index is 12.9. The second kappa shape index (κ2) is 6.08. The number of pyridine rings is 1. The number of H-pyrrole nitrogens is 2. The number of imidazole rings is 1. The summed E-state index contributed by atoms with van der Waals surface area (Å²) in [4.78, 5) is 47.1. The number of hydrogen-bond donors (Lipinski definition) is 2. The van der Waals surface area contributed by atoms with E-state index in [0.29, 0.717) is 41.6 Å². The minimum absolute atomic E-state index is 0.103. The van der Waals surface area contributed by atoms with Crippen molar-refractivity contribution in [2.24, 2.45) is 0 Å². The highest BCUT2D eigenvalue weighted by Crippen LogP contribution is 2.23. The lowest BCUT2D eigenvalue weighted by Crippen LogP contribution is -2.27. The van der Waals surface area contributed by atoms with E-state index in [9.17, 15) is 19.6 Å². The van der Waals surface area contributed by atoms with E-state index in [1.165, 1.54) is 6.07 Å². The molecule has 0 bridgehead atoms. The van der Waals surface area contributed by atoms with Crippen LogP contribution >= 0.6 is 0 Å². The maximum atomic E-state index is 12.9. The van der Waals surface area contributed by atoms with Crippen molar-refractivity contribution in [3.05, 3.63) is 63.3 Å². The summed E-state index contributed by atoms with van der Waals surface area (Å²) in [6, 6.07) is 10.4. The van der Waals surface area contributed by atoms with Crippen molar-refractivity contribution in [2.75, 3.05) is 0 Å². The fourth-order valence-electron chi connectivity index (χ4n) is 3.27. The number of nitriles is 1. The predicted octanol–water partition coefficient (Wildman–Crippen LogP) is 2.26. The summed E-state index contributed by atoms with van der Waals surface area (Å²) < 4.78 is 0. The Bertz CT molecular complexity index is 1120. The molecule has 2 aromatic heterocycles. The van der Waals surface area contributed by atoms with Gasteiger partial charge < -0.3 is 9.97 Å². The zero-order chi connectivity index (χ0) is 18.3. The van der Waals surface area contributed by atoms with E-state index >= 15 is 0 Å². The van der Waals surface area contributed by atoms with E-state index in [4.69, 9.17) is 0 Å². The molecule has 2 heterocycles. The predicted molar refractivity (Wildman–Crippen MR) is 93.1 cm³/mol. The summed E-state index contributed by atoms with van der Waals surface area (Å²) in [6.45, 7) is 0. The molecule has 3 aromatic rings. The molecule has 1 atom stereocenters. The molecule has 4 rings (SSSR count). The van der Waals surface area contributed by atoms with Crippen LogP contribution < -0.4 is 5.56 Å². The number of rotatable bonds is 3. The van der Waals surface area contributed by atoms with Crippen molar-refractivity contribution in [1.82, 2.24) is 15.0 Å². The smallest absolute Gasteiger partial charge is 0.259 e. The first-order chi connectivity index (χ1) is 12.6. The molecule has 0 amide bonds. The summed E-state index contributed by atoms with van der Waals surface area (Å²) in [6.07, 6.45) is 1.66. The molecule has 26 heavy (non-hydrogen) atoms. The lowest BCUT2D eigenvalue weighted by molar-refractivity contribution is 0.0971. The largest absolute Gasteiger partial charge is 0.340 e. The van der Waals surface area contributed by atoms with Gasteiger partial charge in [-0.2, -0.15) is 5.26 Å². The number of Topliss-reactive ketones (excluding diaryl/α,β-unsaturated/α-hetero) is 2. The average molecular weight is 346 g/mol. The van der Waals surface area contributed by atoms with Gasteiger partial charge in [0.25, 0.3) is 5.56 Å². The van der Waals surface area contributed by atoms with Crippen LogP contribution in [0.3, 0.4) is 0 Å². The number of carbonyl (C=O) groups is 2. The van der Waals surface area contributed by atoms with Crippen molar-refractivity contribution in [1.29, 1.82) is 5.26 Å². The quantitative estimate of drug-likeness (QED) is 0.705. The highest BCUT2D eigenvalue weighted by molar-refractivity contribution is 6.05. The molecule has 2 N–H and O–H groups in total. The average Bonchev–Trinajstić information content (AvgIpc) is 3.05. The van der Waals surface area contributed by atoms with Gasteiger partial charge >= 0.3 is 0 Å². The molecule has 7 nitrogen and oxygen atoms in total. The maximum Gasteiger partial charge on any atom is 0.259 e. The molecule has 0 aliphatic heterocycles. The second-order valence-corrected chi connectivity index (χ2v) is 6.25. The molecule has 7 heteroatoms. The Morgan fingerprint density at radius 2 is 2.00 bits per heavy atom.